The molecule has 1 spiro atoms. The fourth-order valence-corrected chi connectivity index (χ4v) is 6.17. The van der Waals surface area contributed by atoms with Gasteiger partial charge in [0.25, 0.3) is 0 Å². The molecule has 0 aromatic heterocycles. The number of aryl methyl sites for hydroxylation is 1. The minimum Gasteiger partial charge on any atom is -0.349 e. The second-order valence-electron chi connectivity index (χ2n) is 9.98. The number of carbonyl (C=O) groups excluding carboxylic acids is 4. The zero-order valence-electron chi connectivity index (χ0n) is 20.0. The van der Waals surface area contributed by atoms with Crippen LogP contribution in [0.3, 0.4) is 0 Å². The highest BCUT2D eigenvalue weighted by Crippen LogP contribution is 2.57. The second-order valence-corrected chi connectivity index (χ2v) is 9.98. The quantitative estimate of drug-likeness (QED) is 0.416. The van der Waals surface area contributed by atoms with Gasteiger partial charge in [-0.05, 0) is 31.4 Å². The molecule has 36 heavy (non-hydrogen) atoms. The van der Waals surface area contributed by atoms with Crippen molar-refractivity contribution in [3.8, 4) is 0 Å². The molecule has 6 nitrogen and oxygen atoms in total. The number of benzene rings is 3. The van der Waals surface area contributed by atoms with Gasteiger partial charge in [-0.2, -0.15) is 0 Å². The van der Waals surface area contributed by atoms with E-state index < -0.39 is 53.0 Å². The van der Waals surface area contributed by atoms with Gasteiger partial charge in [-0.1, -0.05) is 84.4 Å². The maximum Gasteiger partial charge on any atom is 0.237 e. The van der Waals surface area contributed by atoms with Gasteiger partial charge >= 0.3 is 0 Å². The highest BCUT2D eigenvalue weighted by Gasteiger charge is 2.74. The Bertz CT molecular complexity index is 1390. The number of rotatable bonds is 4. The van der Waals surface area contributed by atoms with Crippen molar-refractivity contribution in [2.24, 2.45) is 11.8 Å². The Kier molecular flexibility index (Phi) is 5.05. The maximum absolute atomic E-state index is 14.0. The molecular formula is C30H25NO5. The molecule has 0 unspecified atom stereocenters. The first-order chi connectivity index (χ1) is 17.3. The zero-order chi connectivity index (χ0) is 25.2. The van der Waals surface area contributed by atoms with Crippen molar-refractivity contribution in [2.75, 3.05) is 0 Å². The third-order valence-corrected chi connectivity index (χ3v) is 7.74. The summed E-state index contributed by atoms with van der Waals surface area (Å²) in [6.07, 6.45) is -0.412. The second kappa shape index (κ2) is 8.07. The molecule has 0 bridgehead atoms. The van der Waals surface area contributed by atoms with E-state index in [2.05, 4.69) is 0 Å². The van der Waals surface area contributed by atoms with E-state index in [0.717, 1.165) is 11.1 Å². The van der Waals surface area contributed by atoms with E-state index >= 15 is 0 Å². The van der Waals surface area contributed by atoms with Crippen molar-refractivity contribution < 1.29 is 23.9 Å². The molecule has 2 saturated heterocycles. The summed E-state index contributed by atoms with van der Waals surface area (Å²) in [6.45, 7) is 3.75. The molecule has 4 atom stereocenters. The summed E-state index contributed by atoms with van der Waals surface area (Å²) in [5, 5.41) is 0. The van der Waals surface area contributed by atoms with Crippen LogP contribution in [-0.2, 0) is 20.7 Å². The summed E-state index contributed by atoms with van der Waals surface area (Å²) in [5.41, 5.74) is 1.06. The van der Waals surface area contributed by atoms with Crippen molar-refractivity contribution in [1.29, 1.82) is 0 Å². The minimum absolute atomic E-state index is 0.238. The van der Waals surface area contributed by atoms with Crippen molar-refractivity contribution >= 4 is 23.4 Å². The Hall–Kier alpha value is -3.90. The summed E-state index contributed by atoms with van der Waals surface area (Å²) in [4.78, 5) is 56.8. The summed E-state index contributed by atoms with van der Waals surface area (Å²) in [6, 6.07) is 23.2. The van der Waals surface area contributed by atoms with Gasteiger partial charge in [0.15, 0.2) is 0 Å². The standard InChI is InChI=1S/C30H25NO5/c1-17-9-8-12-20(15-17)25-23-24(30(36-25)26(32)21-13-6-7-14-22(21)27(30)33)29(35)31(28(23)34)18(2)16-19-10-4-3-5-11-19/h3-15,18,23-25H,16H2,1-2H3/t18-,23+,24+,25+/m1/s1. The molecule has 1 aliphatic carbocycles. The molecule has 2 heterocycles. The molecule has 0 N–H and O–H groups in total. The molecule has 3 aromatic carbocycles. The number of hydrogen-bond acceptors (Lipinski definition) is 5. The number of imide groups is 1. The summed E-state index contributed by atoms with van der Waals surface area (Å²) >= 11 is 0. The largest absolute Gasteiger partial charge is 0.349 e. The van der Waals surface area contributed by atoms with Crippen LogP contribution in [0.25, 0.3) is 0 Å². The van der Waals surface area contributed by atoms with Crippen molar-refractivity contribution in [3.63, 3.8) is 0 Å². The van der Waals surface area contributed by atoms with Crippen LogP contribution in [0.5, 0.6) is 0 Å². The van der Waals surface area contributed by atoms with Crippen LogP contribution >= 0.6 is 0 Å². The first-order valence-corrected chi connectivity index (χ1v) is 12.2. The fourth-order valence-electron chi connectivity index (χ4n) is 6.17. The third kappa shape index (κ3) is 3.00. The van der Waals surface area contributed by atoms with Gasteiger partial charge in [0.05, 0.1) is 17.9 Å². The first-order valence-electron chi connectivity index (χ1n) is 12.2. The van der Waals surface area contributed by atoms with Crippen molar-refractivity contribution in [2.45, 2.75) is 38.0 Å². The summed E-state index contributed by atoms with van der Waals surface area (Å²) in [7, 11) is 0. The van der Waals surface area contributed by atoms with Crippen molar-refractivity contribution in [3.05, 3.63) is 107 Å². The van der Waals surface area contributed by atoms with Gasteiger partial charge in [-0.15, -0.1) is 0 Å². The summed E-state index contributed by atoms with van der Waals surface area (Å²) in [5.74, 6) is -4.15. The molecule has 3 aromatic rings. The number of hydrogen-bond donors (Lipinski definition) is 0. The average molecular weight is 480 g/mol. The number of carbonyl (C=O) groups is 4. The topological polar surface area (TPSA) is 80.8 Å². The molecule has 3 aliphatic rings. The van der Waals surface area contributed by atoms with E-state index in [-0.39, 0.29) is 11.1 Å². The average Bonchev–Trinajstić information content (AvgIpc) is 3.44. The number of amides is 2. The van der Waals surface area contributed by atoms with E-state index in [0.29, 0.717) is 12.0 Å². The lowest BCUT2D eigenvalue weighted by molar-refractivity contribution is -0.147. The number of nitrogens with zero attached hydrogens (tertiary/aromatic N) is 1. The third-order valence-electron chi connectivity index (χ3n) is 7.74. The molecule has 2 amide bonds. The van der Waals surface area contributed by atoms with Gasteiger partial charge in [-0.3, -0.25) is 24.1 Å². The van der Waals surface area contributed by atoms with Gasteiger partial charge in [0.1, 0.15) is 0 Å². The molecule has 0 saturated carbocycles. The van der Waals surface area contributed by atoms with Gasteiger partial charge in [0, 0.05) is 17.2 Å². The highest BCUT2D eigenvalue weighted by atomic mass is 16.5. The molecule has 2 aliphatic heterocycles. The van der Waals surface area contributed by atoms with E-state index in [9.17, 15) is 19.2 Å². The maximum atomic E-state index is 14.0. The smallest absolute Gasteiger partial charge is 0.237 e. The van der Waals surface area contributed by atoms with E-state index in [1.807, 2.05) is 68.4 Å². The number of ether oxygens (including phenoxy) is 1. The van der Waals surface area contributed by atoms with Crippen LogP contribution in [0.2, 0.25) is 0 Å². The highest BCUT2D eigenvalue weighted by molar-refractivity contribution is 6.35. The Balaban J connectivity index is 1.47. The predicted octanol–water partition coefficient (Wildman–Crippen LogP) is 4.12. The molecule has 6 rings (SSSR count). The number of Topliss-reactive ketones (excluding diaryl/α,β-unsaturated/α-hetero) is 2. The van der Waals surface area contributed by atoms with Crippen LogP contribution in [0.4, 0.5) is 0 Å². The van der Waals surface area contributed by atoms with Crippen LogP contribution in [0.15, 0.2) is 78.9 Å². The monoisotopic (exact) mass is 479 g/mol. The minimum atomic E-state index is -2.03. The van der Waals surface area contributed by atoms with Gasteiger partial charge < -0.3 is 4.74 Å². The van der Waals surface area contributed by atoms with Gasteiger partial charge in [-0.25, -0.2) is 0 Å². The molecule has 2 fully saturated rings. The summed E-state index contributed by atoms with van der Waals surface area (Å²) < 4.78 is 6.34. The van der Waals surface area contributed by atoms with E-state index in [1.54, 1.807) is 24.3 Å². The van der Waals surface area contributed by atoms with Crippen LogP contribution in [-0.4, -0.2) is 39.9 Å². The van der Waals surface area contributed by atoms with Gasteiger partial charge in [0.2, 0.25) is 29.0 Å². The first kappa shape index (κ1) is 22.6. The lowest BCUT2D eigenvalue weighted by Gasteiger charge is -2.29. The molecule has 6 heteroatoms. The Labute approximate surface area is 208 Å². The lowest BCUT2D eigenvalue weighted by Crippen LogP contribution is -2.52. The zero-order valence-corrected chi connectivity index (χ0v) is 20.0. The van der Waals surface area contributed by atoms with Crippen LogP contribution in [0.1, 0.15) is 50.4 Å². The van der Waals surface area contributed by atoms with Crippen LogP contribution < -0.4 is 0 Å². The van der Waals surface area contributed by atoms with Crippen molar-refractivity contribution in [1.82, 2.24) is 4.90 Å². The SMILES string of the molecule is Cc1cccc([C@@H]2OC3(C(=O)c4ccccc4C3=O)[C@@H]3C(=O)N([C@H](C)Cc4ccccc4)C(=O)[C@@H]32)c1. The Morgan fingerprint density at radius 1 is 0.833 bits per heavy atom. The number of likely N-dealkylation sites (tertiary alicyclic amines) is 1. The Morgan fingerprint density at radius 2 is 1.47 bits per heavy atom. The normalized spacial score (nSPS) is 24.9. The predicted molar refractivity (Wildman–Crippen MR) is 131 cm³/mol. The lowest BCUT2D eigenvalue weighted by atomic mass is 9.77. The van der Waals surface area contributed by atoms with Crippen LogP contribution in [0, 0.1) is 18.8 Å². The van der Waals surface area contributed by atoms with E-state index in [4.69, 9.17) is 4.74 Å². The number of ketones is 2. The fraction of sp³-hybridized carbons (Fsp3) is 0.267. The molecule has 0 radical (unpaired) electrons. The molecular weight excluding hydrogens is 454 g/mol. The number of fused-ring (bicyclic) bond motifs is 3. The molecule has 180 valence electrons. The Morgan fingerprint density at radius 3 is 2.11 bits per heavy atom. The van der Waals surface area contributed by atoms with E-state index in [1.165, 1.54) is 4.90 Å².